The summed E-state index contributed by atoms with van der Waals surface area (Å²) in [6, 6.07) is 6.07. The van der Waals surface area contributed by atoms with Crippen molar-refractivity contribution in [3.8, 4) is 11.5 Å². The van der Waals surface area contributed by atoms with Gasteiger partial charge in [-0.25, -0.2) is 0 Å². The monoisotopic (exact) mass is 419 g/mol. The van der Waals surface area contributed by atoms with Gasteiger partial charge in [0.2, 0.25) is 0 Å². The molecule has 1 fully saturated rings. The minimum Gasteiger partial charge on any atom is -0.493 e. The molecule has 1 saturated carbocycles. The van der Waals surface area contributed by atoms with Crippen molar-refractivity contribution in [3.05, 3.63) is 23.8 Å². The van der Waals surface area contributed by atoms with Gasteiger partial charge in [0.05, 0.1) is 13.2 Å². The quantitative estimate of drug-likeness (QED) is 0.438. The lowest BCUT2D eigenvalue weighted by molar-refractivity contribution is 0.200. The predicted molar refractivity (Wildman–Crippen MR) is 101 cm³/mol. The molecule has 0 unspecified atom stereocenters. The van der Waals surface area contributed by atoms with Crippen molar-refractivity contribution < 1.29 is 9.47 Å². The lowest BCUT2D eigenvalue weighted by Crippen LogP contribution is -2.34. The largest absolute Gasteiger partial charge is 0.493 e. The number of aliphatic imine (C=N–C) groups is 1. The molecule has 1 aromatic rings. The number of benzene rings is 1. The molecule has 1 aromatic carbocycles. The van der Waals surface area contributed by atoms with Crippen LogP contribution in [0.2, 0.25) is 0 Å². The van der Waals surface area contributed by atoms with E-state index in [2.05, 4.69) is 21.7 Å². The van der Waals surface area contributed by atoms with Crippen molar-refractivity contribution in [3.63, 3.8) is 0 Å². The second-order valence-electron chi connectivity index (χ2n) is 5.19. The highest BCUT2D eigenvalue weighted by atomic mass is 127. The lowest BCUT2D eigenvalue weighted by Gasteiger charge is -2.17. The third kappa shape index (κ3) is 5.23. The van der Waals surface area contributed by atoms with E-state index in [9.17, 15) is 0 Å². The molecule has 2 N–H and O–H groups in total. The maximum Gasteiger partial charge on any atom is 0.190 e. The van der Waals surface area contributed by atoms with E-state index in [1.807, 2.05) is 19.2 Å². The maximum atomic E-state index is 6.04. The Kier molecular flexibility index (Phi) is 8.37. The van der Waals surface area contributed by atoms with Gasteiger partial charge in [0, 0.05) is 20.6 Å². The molecule has 0 heterocycles. The van der Waals surface area contributed by atoms with Gasteiger partial charge < -0.3 is 20.1 Å². The maximum absolute atomic E-state index is 6.04. The summed E-state index contributed by atoms with van der Waals surface area (Å²) >= 11 is 0. The molecule has 0 saturated heterocycles. The zero-order chi connectivity index (χ0) is 15.1. The molecule has 2 rings (SSSR count). The average molecular weight is 419 g/mol. The van der Waals surface area contributed by atoms with E-state index in [0.29, 0.717) is 12.6 Å². The molecule has 1 aliphatic carbocycles. The number of nitrogens with zero attached hydrogens (tertiary/aromatic N) is 1. The summed E-state index contributed by atoms with van der Waals surface area (Å²) in [7, 11) is 5.27. The van der Waals surface area contributed by atoms with Gasteiger partial charge in [-0.3, -0.25) is 4.99 Å². The third-order valence-electron chi connectivity index (χ3n) is 3.74. The van der Waals surface area contributed by atoms with Crippen LogP contribution in [0.3, 0.4) is 0 Å². The van der Waals surface area contributed by atoms with Crippen LogP contribution in [0, 0.1) is 0 Å². The lowest BCUT2D eigenvalue weighted by atomic mass is 10.2. The summed E-state index contributed by atoms with van der Waals surface area (Å²) in [6.07, 6.45) is 5.15. The molecule has 0 bridgehead atoms. The summed E-state index contributed by atoms with van der Waals surface area (Å²) in [4.78, 5) is 4.09. The highest BCUT2D eigenvalue weighted by Gasteiger charge is 2.18. The Balaban J connectivity index is 0.00000242. The van der Waals surface area contributed by atoms with Crippen LogP contribution in [0.1, 0.15) is 31.2 Å². The van der Waals surface area contributed by atoms with E-state index in [-0.39, 0.29) is 24.0 Å². The third-order valence-corrected chi connectivity index (χ3v) is 3.74. The molecule has 0 atom stereocenters. The fourth-order valence-corrected chi connectivity index (χ4v) is 2.57. The Hall–Kier alpha value is -1.18. The van der Waals surface area contributed by atoms with Gasteiger partial charge in [0.25, 0.3) is 0 Å². The van der Waals surface area contributed by atoms with Crippen LogP contribution in [-0.2, 0) is 6.54 Å². The Morgan fingerprint density at radius 1 is 1.27 bits per heavy atom. The van der Waals surface area contributed by atoms with Gasteiger partial charge in [-0.05, 0) is 43.4 Å². The van der Waals surface area contributed by atoms with Crippen LogP contribution in [0.4, 0.5) is 0 Å². The summed E-state index contributed by atoms with van der Waals surface area (Å²) < 4.78 is 11.5. The van der Waals surface area contributed by atoms with Crippen LogP contribution < -0.4 is 20.1 Å². The van der Waals surface area contributed by atoms with Crippen molar-refractivity contribution in [2.75, 3.05) is 21.2 Å². The molecule has 1 aliphatic rings. The second kappa shape index (κ2) is 9.76. The Bertz CT molecular complexity index is 488. The van der Waals surface area contributed by atoms with E-state index >= 15 is 0 Å². The first-order chi connectivity index (χ1) is 10.3. The molecule has 0 radical (unpaired) electrons. The summed E-state index contributed by atoms with van der Waals surface area (Å²) in [5, 5.41) is 6.21. The number of methoxy groups -OCH3 is 1. The number of ether oxygens (including phenoxy) is 2. The van der Waals surface area contributed by atoms with Crippen LogP contribution >= 0.6 is 24.0 Å². The van der Waals surface area contributed by atoms with Crippen LogP contribution in [-0.4, -0.2) is 33.3 Å². The van der Waals surface area contributed by atoms with Gasteiger partial charge in [0.1, 0.15) is 0 Å². The highest BCUT2D eigenvalue weighted by Crippen LogP contribution is 2.32. The van der Waals surface area contributed by atoms with Crippen molar-refractivity contribution in [2.24, 2.45) is 4.99 Å². The van der Waals surface area contributed by atoms with Gasteiger partial charge in [-0.2, -0.15) is 0 Å². The molecular weight excluding hydrogens is 393 g/mol. The average Bonchev–Trinajstić information content (AvgIpc) is 3.02. The number of nitrogens with one attached hydrogen (secondary N) is 2. The summed E-state index contributed by atoms with van der Waals surface area (Å²) in [5.41, 5.74) is 1.13. The van der Waals surface area contributed by atoms with Crippen LogP contribution in [0.5, 0.6) is 11.5 Å². The summed E-state index contributed by atoms with van der Waals surface area (Å²) in [5.74, 6) is 2.40. The molecule has 22 heavy (non-hydrogen) atoms. The number of hydrogen-bond donors (Lipinski definition) is 2. The van der Waals surface area contributed by atoms with E-state index in [0.717, 1.165) is 35.9 Å². The molecular formula is C16H26IN3O2. The van der Waals surface area contributed by atoms with Crippen LogP contribution in [0.15, 0.2) is 23.2 Å². The number of hydrogen-bond acceptors (Lipinski definition) is 3. The van der Waals surface area contributed by atoms with Crippen molar-refractivity contribution in [1.82, 2.24) is 10.6 Å². The van der Waals surface area contributed by atoms with Crippen LogP contribution in [0.25, 0.3) is 0 Å². The predicted octanol–water partition coefficient (Wildman–Crippen LogP) is 2.93. The van der Waals surface area contributed by atoms with Gasteiger partial charge >= 0.3 is 0 Å². The van der Waals surface area contributed by atoms with Gasteiger partial charge in [-0.15, -0.1) is 24.0 Å². The zero-order valence-electron chi connectivity index (χ0n) is 13.5. The number of halogens is 1. The highest BCUT2D eigenvalue weighted by molar-refractivity contribution is 14.0. The first-order valence-electron chi connectivity index (χ1n) is 7.48. The molecule has 0 amide bonds. The summed E-state index contributed by atoms with van der Waals surface area (Å²) in [6.45, 7) is 0.688. The number of rotatable bonds is 5. The molecule has 6 heteroatoms. The topological polar surface area (TPSA) is 54.9 Å². The van der Waals surface area contributed by atoms with E-state index in [1.165, 1.54) is 12.8 Å². The molecule has 0 aromatic heterocycles. The Morgan fingerprint density at radius 3 is 2.59 bits per heavy atom. The van der Waals surface area contributed by atoms with E-state index in [1.54, 1.807) is 14.2 Å². The SMILES string of the molecule is CN=C(NC)NCc1ccc(OC2CCCC2)c(OC)c1.I. The fraction of sp³-hybridized carbons (Fsp3) is 0.562. The normalized spacial score (nSPS) is 15.1. The molecule has 0 aliphatic heterocycles. The minimum atomic E-state index is 0. The fourth-order valence-electron chi connectivity index (χ4n) is 2.57. The molecule has 0 spiro atoms. The Labute approximate surface area is 149 Å². The molecule has 5 nitrogen and oxygen atoms in total. The minimum absolute atomic E-state index is 0. The first-order valence-corrected chi connectivity index (χ1v) is 7.48. The smallest absolute Gasteiger partial charge is 0.190 e. The molecule has 124 valence electrons. The van der Waals surface area contributed by atoms with Gasteiger partial charge in [-0.1, -0.05) is 6.07 Å². The van der Waals surface area contributed by atoms with Crippen molar-refractivity contribution >= 4 is 29.9 Å². The second-order valence-corrected chi connectivity index (χ2v) is 5.19. The van der Waals surface area contributed by atoms with E-state index < -0.39 is 0 Å². The number of guanidine groups is 1. The van der Waals surface area contributed by atoms with Gasteiger partial charge in [0.15, 0.2) is 17.5 Å². The zero-order valence-corrected chi connectivity index (χ0v) is 15.8. The van der Waals surface area contributed by atoms with Crippen molar-refractivity contribution in [2.45, 2.75) is 38.3 Å². The first kappa shape index (κ1) is 18.9. The standard InChI is InChI=1S/C16H25N3O2.HI/c1-17-16(18-2)19-11-12-8-9-14(15(10-12)20-3)21-13-6-4-5-7-13;/h8-10,13H,4-7,11H2,1-3H3,(H2,17,18,19);1H. The van der Waals surface area contributed by atoms with Crippen molar-refractivity contribution in [1.29, 1.82) is 0 Å². The van der Waals surface area contributed by atoms with E-state index in [4.69, 9.17) is 9.47 Å². The Morgan fingerprint density at radius 2 is 2.00 bits per heavy atom.